The van der Waals surface area contributed by atoms with Gasteiger partial charge in [-0.15, -0.1) is 11.6 Å². The lowest BCUT2D eigenvalue weighted by Gasteiger charge is -2.17. The maximum Gasteiger partial charge on any atom is 0.235 e. The highest BCUT2D eigenvalue weighted by atomic mass is 35.5. The van der Waals surface area contributed by atoms with Crippen LogP contribution in [0.15, 0.2) is 24.3 Å². The Labute approximate surface area is 99.7 Å². The molecule has 0 unspecified atom stereocenters. The molecule has 1 aromatic rings. The summed E-state index contributed by atoms with van der Waals surface area (Å²) in [5, 5.41) is 2.96. The van der Waals surface area contributed by atoms with E-state index in [4.69, 9.17) is 16.3 Å². The van der Waals surface area contributed by atoms with Gasteiger partial charge in [0.05, 0.1) is 12.6 Å². The maximum absolute atomic E-state index is 11.3. The van der Waals surface area contributed by atoms with Crippen molar-refractivity contribution in [2.45, 2.75) is 18.4 Å². The summed E-state index contributed by atoms with van der Waals surface area (Å²) >= 11 is 5.50. The first-order valence-corrected chi connectivity index (χ1v) is 5.75. The molecule has 16 heavy (non-hydrogen) atoms. The van der Waals surface area contributed by atoms with Crippen molar-refractivity contribution in [1.82, 2.24) is 5.32 Å². The third-order valence-corrected chi connectivity index (χ3v) is 3.12. The standard InChI is InChI=1S/C12H14ClNO2/c1-16-10-4-2-3-9(7-10)12(5-6-12)14-11(15)8-13/h2-4,7H,5-6,8H2,1H3,(H,14,15). The first kappa shape index (κ1) is 11.3. The lowest BCUT2D eigenvalue weighted by molar-refractivity contribution is -0.119. The zero-order chi connectivity index (χ0) is 11.6. The summed E-state index contributed by atoms with van der Waals surface area (Å²) in [6, 6.07) is 7.79. The molecular formula is C12H14ClNO2. The van der Waals surface area contributed by atoms with Crippen molar-refractivity contribution in [3.05, 3.63) is 29.8 Å². The van der Waals surface area contributed by atoms with E-state index in [0.29, 0.717) is 0 Å². The van der Waals surface area contributed by atoms with Crippen LogP contribution >= 0.6 is 11.6 Å². The first-order valence-electron chi connectivity index (χ1n) is 5.22. The van der Waals surface area contributed by atoms with Gasteiger partial charge in [-0.25, -0.2) is 0 Å². The third-order valence-electron chi connectivity index (χ3n) is 2.87. The monoisotopic (exact) mass is 239 g/mol. The van der Waals surface area contributed by atoms with Gasteiger partial charge in [-0.1, -0.05) is 12.1 Å². The van der Waals surface area contributed by atoms with Gasteiger partial charge in [0.25, 0.3) is 0 Å². The van der Waals surface area contributed by atoms with Crippen LogP contribution in [-0.4, -0.2) is 18.9 Å². The van der Waals surface area contributed by atoms with Gasteiger partial charge in [0, 0.05) is 0 Å². The predicted molar refractivity (Wildman–Crippen MR) is 62.8 cm³/mol. The van der Waals surface area contributed by atoms with E-state index in [0.717, 1.165) is 24.2 Å². The molecule has 0 saturated heterocycles. The largest absolute Gasteiger partial charge is 0.497 e. The van der Waals surface area contributed by atoms with Crippen molar-refractivity contribution >= 4 is 17.5 Å². The van der Waals surface area contributed by atoms with Gasteiger partial charge in [-0.05, 0) is 30.5 Å². The van der Waals surface area contributed by atoms with Crippen molar-refractivity contribution in [1.29, 1.82) is 0 Å². The Balaban J connectivity index is 2.19. The van der Waals surface area contributed by atoms with Gasteiger partial charge in [-0.3, -0.25) is 4.79 Å². The van der Waals surface area contributed by atoms with Crippen LogP contribution in [0.2, 0.25) is 0 Å². The van der Waals surface area contributed by atoms with Crippen molar-refractivity contribution in [2.24, 2.45) is 0 Å². The predicted octanol–water partition coefficient (Wildman–Crippen LogP) is 2.04. The van der Waals surface area contributed by atoms with Gasteiger partial charge in [-0.2, -0.15) is 0 Å². The van der Waals surface area contributed by atoms with Gasteiger partial charge in [0.2, 0.25) is 5.91 Å². The molecule has 3 nitrogen and oxygen atoms in total. The number of methoxy groups -OCH3 is 1. The second-order valence-corrected chi connectivity index (χ2v) is 4.26. The summed E-state index contributed by atoms with van der Waals surface area (Å²) < 4.78 is 5.17. The van der Waals surface area contributed by atoms with E-state index < -0.39 is 0 Å². The van der Waals surface area contributed by atoms with Crippen LogP contribution in [0, 0.1) is 0 Å². The highest BCUT2D eigenvalue weighted by Gasteiger charge is 2.45. The molecule has 1 amide bonds. The summed E-state index contributed by atoms with van der Waals surface area (Å²) in [4.78, 5) is 11.3. The van der Waals surface area contributed by atoms with Crippen LogP contribution in [0.3, 0.4) is 0 Å². The summed E-state index contributed by atoms with van der Waals surface area (Å²) in [6.45, 7) is 0. The third kappa shape index (κ3) is 2.14. The van der Waals surface area contributed by atoms with Gasteiger partial charge in [0.1, 0.15) is 11.6 Å². The fourth-order valence-corrected chi connectivity index (χ4v) is 1.90. The van der Waals surface area contributed by atoms with Crippen molar-refractivity contribution < 1.29 is 9.53 Å². The zero-order valence-corrected chi connectivity index (χ0v) is 9.88. The average Bonchev–Trinajstić information content (AvgIpc) is 3.10. The molecule has 0 spiro atoms. The highest BCUT2D eigenvalue weighted by Crippen LogP contribution is 2.46. The highest BCUT2D eigenvalue weighted by molar-refractivity contribution is 6.27. The van der Waals surface area contributed by atoms with Crippen LogP contribution in [0.25, 0.3) is 0 Å². The Hall–Kier alpha value is -1.22. The molecule has 0 bridgehead atoms. The van der Waals surface area contributed by atoms with Crippen molar-refractivity contribution in [3.63, 3.8) is 0 Å². The minimum Gasteiger partial charge on any atom is -0.497 e. The van der Waals surface area contributed by atoms with Gasteiger partial charge >= 0.3 is 0 Å². The molecule has 1 fully saturated rings. The number of hydrogen-bond acceptors (Lipinski definition) is 2. The summed E-state index contributed by atoms with van der Waals surface area (Å²) in [5.74, 6) is 0.692. The number of alkyl halides is 1. The number of carbonyl (C=O) groups is 1. The first-order chi connectivity index (χ1) is 7.70. The molecule has 1 saturated carbocycles. The number of nitrogens with one attached hydrogen (secondary N) is 1. The number of benzene rings is 1. The van der Waals surface area contributed by atoms with Crippen LogP contribution in [0.4, 0.5) is 0 Å². The minimum atomic E-state index is -0.208. The van der Waals surface area contributed by atoms with E-state index >= 15 is 0 Å². The fraction of sp³-hybridized carbons (Fsp3) is 0.417. The lowest BCUT2D eigenvalue weighted by atomic mass is 10.0. The Morgan fingerprint density at radius 1 is 1.56 bits per heavy atom. The molecule has 2 rings (SSSR count). The Morgan fingerprint density at radius 3 is 2.88 bits per heavy atom. The van der Waals surface area contributed by atoms with E-state index in [1.54, 1.807) is 7.11 Å². The molecule has 4 heteroatoms. The minimum absolute atomic E-state index is 0.00567. The molecule has 0 heterocycles. The van der Waals surface area contributed by atoms with E-state index in [-0.39, 0.29) is 17.3 Å². The fourth-order valence-electron chi connectivity index (χ4n) is 1.83. The second-order valence-electron chi connectivity index (χ2n) is 4.00. The summed E-state index contributed by atoms with van der Waals surface area (Å²) in [6.07, 6.45) is 1.92. The molecule has 86 valence electrons. The van der Waals surface area contributed by atoms with E-state index in [2.05, 4.69) is 5.32 Å². The lowest BCUT2D eigenvalue weighted by Crippen LogP contribution is -2.35. The molecule has 1 aromatic carbocycles. The number of amides is 1. The van der Waals surface area contributed by atoms with Crippen LogP contribution < -0.4 is 10.1 Å². The quantitative estimate of drug-likeness (QED) is 0.817. The molecular weight excluding hydrogens is 226 g/mol. The number of hydrogen-bond donors (Lipinski definition) is 1. The van der Waals surface area contributed by atoms with E-state index in [1.165, 1.54) is 0 Å². The van der Waals surface area contributed by atoms with E-state index in [9.17, 15) is 4.79 Å². The zero-order valence-electron chi connectivity index (χ0n) is 9.13. The van der Waals surface area contributed by atoms with Crippen molar-refractivity contribution in [3.8, 4) is 5.75 Å². The molecule has 0 radical (unpaired) electrons. The summed E-state index contributed by atoms with van der Waals surface area (Å²) in [7, 11) is 1.63. The van der Waals surface area contributed by atoms with E-state index in [1.807, 2.05) is 24.3 Å². The molecule has 0 atom stereocenters. The van der Waals surface area contributed by atoms with Crippen molar-refractivity contribution in [2.75, 3.05) is 13.0 Å². The molecule has 1 aliphatic carbocycles. The van der Waals surface area contributed by atoms with Crippen LogP contribution in [0.1, 0.15) is 18.4 Å². The van der Waals surface area contributed by atoms with Gasteiger partial charge < -0.3 is 10.1 Å². The Morgan fingerprint density at radius 2 is 2.31 bits per heavy atom. The average molecular weight is 240 g/mol. The Bertz CT molecular complexity index is 402. The normalized spacial score (nSPS) is 16.6. The molecule has 1 N–H and O–H groups in total. The Kier molecular flexibility index (Phi) is 3.06. The van der Waals surface area contributed by atoms with Crippen LogP contribution in [0.5, 0.6) is 5.75 Å². The number of carbonyl (C=O) groups excluding carboxylic acids is 1. The van der Waals surface area contributed by atoms with Gasteiger partial charge in [0.15, 0.2) is 0 Å². The number of ether oxygens (including phenoxy) is 1. The smallest absolute Gasteiger partial charge is 0.235 e. The molecule has 0 aromatic heterocycles. The topological polar surface area (TPSA) is 38.3 Å². The molecule has 0 aliphatic heterocycles. The number of halogens is 1. The SMILES string of the molecule is COc1cccc(C2(NC(=O)CCl)CC2)c1. The summed E-state index contributed by atoms with van der Waals surface area (Å²) in [5.41, 5.74) is 0.880. The molecule has 1 aliphatic rings. The van der Waals surface area contributed by atoms with Crippen LogP contribution in [-0.2, 0) is 10.3 Å². The number of rotatable bonds is 4. The second kappa shape index (κ2) is 4.34. The maximum atomic E-state index is 11.3.